The summed E-state index contributed by atoms with van der Waals surface area (Å²) in [5.74, 6) is 2.39. The predicted octanol–water partition coefficient (Wildman–Crippen LogP) is 4.11. The second kappa shape index (κ2) is 11.8. The zero-order valence-electron chi connectivity index (χ0n) is 23.5. The predicted molar refractivity (Wildman–Crippen MR) is 155 cm³/mol. The minimum absolute atomic E-state index is 0.170. The third kappa shape index (κ3) is 5.76. The molecule has 0 aliphatic carbocycles. The van der Waals surface area contributed by atoms with Gasteiger partial charge in [-0.3, -0.25) is 14.3 Å². The van der Waals surface area contributed by atoms with Crippen LogP contribution in [0.15, 0.2) is 59.3 Å². The van der Waals surface area contributed by atoms with Crippen LogP contribution < -0.4 is 4.74 Å². The number of hydrogen-bond acceptors (Lipinski definition) is 7. The van der Waals surface area contributed by atoms with Crippen molar-refractivity contribution in [3.63, 3.8) is 0 Å². The molecule has 2 aliphatic rings. The van der Waals surface area contributed by atoms with Gasteiger partial charge in [-0.25, -0.2) is 4.98 Å². The number of para-hydroxylation sites is 2. The number of oxazole rings is 1. The van der Waals surface area contributed by atoms with Crippen molar-refractivity contribution in [1.82, 2.24) is 29.2 Å². The lowest BCUT2D eigenvalue weighted by Gasteiger charge is -2.38. The Bertz CT molecular complexity index is 1440. The second-order valence-electron chi connectivity index (χ2n) is 11.1. The van der Waals surface area contributed by atoms with Gasteiger partial charge in [0.2, 0.25) is 5.91 Å². The van der Waals surface area contributed by atoms with Crippen molar-refractivity contribution >= 4 is 16.9 Å². The van der Waals surface area contributed by atoms with Gasteiger partial charge in [-0.05, 0) is 68.8 Å². The van der Waals surface area contributed by atoms with E-state index in [0.717, 1.165) is 66.7 Å². The minimum Gasteiger partial charge on any atom is -0.497 e. The van der Waals surface area contributed by atoms with E-state index < -0.39 is 0 Å². The van der Waals surface area contributed by atoms with E-state index in [4.69, 9.17) is 14.1 Å². The van der Waals surface area contributed by atoms with Crippen LogP contribution in [0.2, 0.25) is 0 Å². The van der Waals surface area contributed by atoms with E-state index in [2.05, 4.69) is 21.8 Å². The van der Waals surface area contributed by atoms with Crippen LogP contribution in [0.3, 0.4) is 0 Å². The summed E-state index contributed by atoms with van der Waals surface area (Å²) in [6.07, 6.45) is 5.20. The van der Waals surface area contributed by atoms with Crippen molar-refractivity contribution in [3.05, 3.63) is 60.6 Å². The highest BCUT2D eigenvalue weighted by molar-refractivity contribution is 5.78. The van der Waals surface area contributed by atoms with E-state index in [-0.39, 0.29) is 5.91 Å². The van der Waals surface area contributed by atoms with Gasteiger partial charge in [-0.2, -0.15) is 4.98 Å². The van der Waals surface area contributed by atoms with Crippen LogP contribution in [-0.2, 0) is 11.2 Å². The van der Waals surface area contributed by atoms with E-state index in [1.165, 1.54) is 25.9 Å². The van der Waals surface area contributed by atoms with Gasteiger partial charge >= 0.3 is 6.01 Å². The topological polar surface area (TPSA) is 79.9 Å². The van der Waals surface area contributed by atoms with E-state index in [9.17, 15) is 4.79 Å². The fraction of sp³-hybridized carbons (Fsp3) is 0.452. The number of fused-ring (bicyclic) bond motifs is 1. The zero-order chi connectivity index (χ0) is 27.5. The fourth-order valence-corrected chi connectivity index (χ4v) is 6.04. The molecule has 0 bridgehead atoms. The highest BCUT2D eigenvalue weighted by Gasteiger charge is 2.26. The van der Waals surface area contributed by atoms with Crippen LogP contribution in [0.1, 0.15) is 25.0 Å². The number of benzene rings is 2. The Kier molecular flexibility index (Phi) is 7.84. The Labute approximate surface area is 235 Å². The van der Waals surface area contributed by atoms with Crippen LogP contribution >= 0.6 is 0 Å². The molecule has 2 aliphatic heterocycles. The van der Waals surface area contributed by atoms with Gasteiger partial charge in [0.1, 0.15) is 23.5 Å². The molecule has 2 fully saturated rings. The van der Waals surface area contributed by atoms with Crippen LogP contribution in [0.5, 0.6) is 5.75 Å². The Morgan fingerprint density at radius 3 is 2.62 bits per heavy atom. The van der Waals surface area contributed by atoms with Crippen molar-refractivity contribution in [1.29, 1.82) is 0 Å². The van der Waals surface area contributed by atoms with Gasteiger partial charge in [0, 0.05) is 57.7 Å². The Morgan fingerprint density at radius 2 is 1.85 bits per heavy atom. The van der Waals surface area contributed by atoms with Gasteiger partial charge < -0.3 is 19.0 Å². The van der Waals surface area contributed by atoms with Crippen LogP contribution in [0, 0.1) is 5.92 Å². The molecule has 1 unspecified atom stereocenters. The molecule has 40 heavy (non-hydrogen) atoms. The summed E-state index contributed by atoms with van der Waals surface area (Å²) in [5, 5.41) is 0. The maximum atomic E-state index is 13.3. The summed E-state index contributed by atoms with van der Waals surface area (Å²) in [7, 11) is 3.87. The number of aromatic nitrogens is 3. The molecular formula is C31H38N6O3. The average molecular weight is 543 g/mol. The van der Waals surface area contributed by atoms with Gasteiger partial charge in [-0.1, -0.05) is 12.1 Å². The molecule has 2 aromatic heterocycles. The number of imidazole rings is 1. The molecule has 9 nitrogen and oxygen atoms in total. The van der Waals surface area contributed by atoms with Crippen molar-refractivity contribution in [2.75, 3.05) is 60.0 Å². The number of piperazine rings is 1. The monoisotopic (exact) mass is 542 g/mol. The molecule has 4 aromatic rings. The molecule has 9 heteroatoms. The normalized spacial score (nSPS) is 18.9. The number of aryl methyl sites for hydroxylation is 1. The first kappa shape index (κ1) is 26.5. The molecule has 6 rings (SSSR count). The number of methoxy groups -OCH3 is 1. The van der Waals surface area contributed by atoms with Crippen LogP contribution in [0.4, 0.5) is 0 Å². The highest BCUT2D eigenvalue weighted by Crippen LogP contribution is 2.30. The molecule has 0 spiro atoms. The first-order valence-corrected chi connectivity index (χ1v) is 14.3. The molecule has 210 valence electrons. The van der Waals surface area contributed by atoms with E-state index in [0.29, 0.717) is 24.6 Å². The number of nitrogens with zero attached hydrogens (tertiary/aromatic N) is 6. The molecule has 1 amide bonds. The Morgan fingerprint density at radius 1 is 1.05 bits per heavy atom. The summed E-state index contributed by atoms with van der Waals surface area (Å²) in [4.78, 5) is 29.6. The maximum absolute atomic E-state index is 13.3. The first-order valence-electron chi connectivity index (χ1n) is 14.3. The summed E-state index contributed by atoms with van der Waals surface area (Å²) in [6.45, 7) is 7.01. The molecule has 0 saturated carbocycles. The quantitative estimate of drug-likeness (QED) is 0.332. The van der Waals surface area contributed by atoms with Crippen LogP contribution in [0.25, 0.3) is 28.3 Å². The minimum atomic E-state index is 0.170. The third-order valence-electron chi connectivity index (χ3n) is 8.24. The number of carbonyl (C=O) groups excluding carboxylic acids is 1. The number of hydrogen-bond donors (Lipinski definition) is 0. The average Bonchev–Trinajstić information content (AvgIpc) is 3.61. The lowest BCUT2D eigenvalue weighted by Crippen LogP contribution is -2.51. The van der Waals surface area contributed by atoms with Crippen molar-refractivity contribution in [2.24, 2.45) is 5.92 Å². The smallest absolute Gasteiger partial charge is 0.308 e. The van der Waals surface area contributed by atoms with Crippen molar-refractivity contribution in [2.45, 2.75) is 25.7 Å². The number of piperidine rings is 1. The van der Waals surface area contributed by atoms with Crippen molar-refractivity contribution in [3.8, 4) is 23.0 Å². The molecule has 0 N–H and O–H groups in total. The van der Waals surface area contributed by atoms with E-state index >= 15 is 0 Å². The van der Waals surface area contributed by atoms with Gasteiger partial charge in [-0.15, -0.1) is 0 Å². The Hall–Kier alpha value is -3.69. The van der Waals surface area contributed by atoms with E-state index in [1.807, 2.05) is 58.0 Å². The molecular weight excluding hydrogens is 504 g/mol. The standard InChI is InChI=1S/C31H38N6O3/c1-34-15-5-6-23(20-34)21-35-16-18-36(19-17-35)29(38)14-13-28-30(24-9-11-25(39-2)12-10-24)33-31(40-28)37-22-32-26-7-3-4-8-27(26)37/h3-4,7-12,22-23H,5-6,13-21H2,1-2H3. The van der Waals surface area contributed by atoms with Gasteiger partial charge in [0.05, 0.1) is 18.1 Å². The van der Waals surface area contributed by atoms with Gasteiger partial charge in [0.15, 0.2) is 0 Å². The molecule has 2 aromatic carbocycles. The van der Waals surface area contributed by atoms with Crippen molar-refractivity contribution < 1.29 is 13.9 Å². The van der Waals surface area contributed by atoms with Crippen LogP contribution in [-0.4, -0.2) is 95.1 Å². The third-order valence-corrected chi connectivity index (χ3v) is 8.24. The largest absolute Gasteiger partial charge is 0.497 e. The lowest BCUT2D eigenvalue weighted by molar-refractivity contribution is -0.133. The maximum Gasteiger partial charge on any atom is 0.308 e. The number of carbonyl (C=O) groups is 1. The molecule has 1 atom stereocenters. The zero-order valence-corrected chi connectivity index (χ0v) is 23.5. The highest BCUT2D eigenvalue weighted by atomic mass is 16.5. The summed E-state index contributed by atoms with van der Waals surface area (Å²) in [6, 6.07) is 16.1. The SMILES string of the molecule is COc1ccc(-c2nc(-n3cnc4ccccc43)oc2CCC(=O)N2CCN(CC3CCCN(C)C3)CC2)cc1. The lowest BCUT2D eigenvalue weighted by atomic mass is 9.97. The number of ether oxygens (including phenoxy) is 1. The number of likely N-dealkylation sites (tertiary alicyclic amines) is 1. The number of amides is 1. The molecule has 0 radical (unpaired) electrons. The number of rotatable bonds is 8. The van der Waals surface area contributed by atoms with Gasteiger partial charge in [0.25, 0.3) is 0 Å². The Balaban J connectivity index is 1.14. The molecule has 2 saturated heterocycles. The summed E-state index contributed by atoms with van der Waals surface area (Å²) in [5.41, 5.74) is 3.46. The fourth-order valence-electron chi connectivity index (χ4n) is 6.04. The summed E-state index contributed by atoms with van der Waals surface area (Å²) >= 11 is 0. The second-order valence-corrected chi connectivity index (χ2v) is 11.1. The molecule has 4 heterocycles. The first-order chi connectivity index (χ1) is 19.6. The van der Waals surface area contributed by atoms with E-state index in [1.54, 1.807) is 13.4 Å². The summed E-state index contributed by atoms with van der Waals surface area (Å²) < 4.78 is 13.5.